The van der Waals surface area contributed by atoms with Gasteiger partial charge in [0.15, 0.2) is 5.11 Å². The van der Waals surface area contributed by atoms with Gasteiger partial charge in [0.2, 0.25) is 0 Å². The number of nitrogens with one attached hydrogen (secondary N) is 1. The van der Waals surface area contributed by atoms with Gasteiger partial charge in [-0.2, -0.15) is 0 Å². The summed E-state index contributed by atoms with van der Waals surface area (Å²) >= 11 is 4.96. The van der Waals surface area contributed by atoms with E-state index in [1.807, 2.05) is 13.8 Å². The van der Waals surface area contributed by atoms with Crippen LogP contribution in [-0.2, 0) is 9.59 Å². The summed E-state index contributed by atoms with van der Waals surface area (Å²) in [7, 11) is 0. The van der Waals surface area contributed by atoms with Crippen molar-refractivity contribution in [1.29, 1.82) is 0 Å². The maximum absolute atomic E-state index is 12.3. The van der Waals surface area contributed by atoms with Gasteiger partial charge in [0.25, 0.3) is 11.8 Å². The smallest absolute Gasteiger partial charge is 0.266 e. The first kappa shape index (κ1) is 14.2. The third-order valence-corrected chi connectivity index (χ3v) is 3.29. The van der Waals surface area contributed by atoms with Crippen molar-refractivity contribution in [2.45, 2.75) is 13.8 Å². The predicted octanol–water partition coefficient (Wildman–Crippen LogP) is 1.71. The van der Waals surface area contributed by atoms with E-state index in [1.54, 1.807) is 12.1 Å². The Hall–Kier alpha value is -2.21. The summed E-state index contributed by atoms with van der Waals surface area (Å²) in [5.41, 5.74) is 0.952. The number of furan rings is 1. The molecule has 2 heterocycles. The molecule has 1 N–H and O–H groups in total. The molecule has 2 rings (SSSR count). The van der Waals surface area contributed by atoms with Crippen LogP contribution in [0.25, 0.3) is 6.08 Å². The molecular formula is C14H14N2O3S. The highest BCUT2D eigenvalue weighted by atomic mass is 32.1. The molecule has 2 amide bonds. The van der Waals surface area contributed by atoms with Gasteiger partial charge < -0.3 is 4.42 Å². The Morgan fingerprint density at radius 3 is 2.70 bits per heavy atom. The van der Waals surface area contributed by atoms with Crippen molar-refractivity contribution >= 4 is 35.2 Å². The minimum absolute atomic E-state index is 0.00537. The van der Waals surface area contributed by atoms with E-state index >= 15 is 0 Å². The molecule has 1 aliphatic heterocycles. The Morgan fingerprint density at radius 1 is 1.45 bits per heavy atom. The van der Waals surface area contributed by atoms with Crippen LogP contribution in [-0.4, -0.2) is 28.4 Å². The summed E-state index contributed by atoms with van der Waals surface area (Å²) < 4.78 is 5.46. The van der Waals surface area contributed by atoms with E-state index < -0.39 is 11.8 Å². The van der Waals surface area contributed by atoms with Crippen LogP contribution in [0.1, 0.15) is 17.1 Å². The summed E-state index contributed by atoms with van der Waals surface area (Å²) in [6.07, 6.45) is 2.97. The molecule has 0 spiro atoms. The van der Waals surface area contributed by atoms with Crippen LogP contribution in [0.3, 0.4) is 0 Å². The normalized spacial score (nSPS) is 17.6. The van der Waals surface area contributed by atoms with E-state index in [1.165, 1.54) is 11.0 Å². The number of carbonyl (C=O) groups is 2. The van der Waals surface area contributed by atoms with E-state index in [4.69, 9.17) is 16.6 Å². The molecule has 0 aromatic carbocycles. The zero-order valence-electron chi connectivity index (χ0n) is 11.2. The van der Waals surface area contributed by atoms with Gasteiger partial charge in [-0.25, -0.2) is 0 Å². The molecule has 0 atom stereocenters. The van der Waals surface area contributed by atoms with E-state index in [-0.39, 0.29) is 17.2 Å². The zero-order valence-corrected chi connectivity index (χ0v) is 12.0. The lowest BCUT2D eigenvalue weighted by Gasteiger charge is -2.27. The van der Waals surface area contributed by atoms with Crippen molar-refractivity contribution in [2.75, 3.05) is 6.54 Å². The third kappa shape index (κ3) is 2.55. The number of rotatable bonds is 3. The van der Waals surface area contributed by atoms with Crippen molar-refractivity contribution in [2.24, 2.45) is 0 Å². The maximum atomic E-state index is 12.3. The molecule has 0 unspecified atom stereocenters. The Bertz CT molecular complexity index is 623. The highest BCUT2D eigenvalue weighted by Crippen LogP contribution is 2.19. The van der Waals surface area contributed by atoms with E-state index in [0.29, 0.717) is 5.76 Å². The van der Waals surface area contributed by atoms with Crippen molar-refractivity contribution in [3.8, 4) is 0 Å². The third-order valence-electron chi connectivity index (χ3n) is 2.97. The molecule has 1 aliphatic rings. The SMILES string of the molecule is C=CCN1C(=O)/C(=C\c2cc(C)c(C)o2)C(=O)NC1=S. The van der Waals surface area contributed by atoms with Crippen molar-refractivity contribution in [3.63, 3.8) is 0 Å². The summed E-state index contributed by atoms with van der Waals surface area (Å²) in [6.45, 7) is 7.51. The lowest BCUT2D eigenvalue weighted by atomic mass is 10.1. The Labute approximate surface area is 121 Å². The second-order valence-electron chi connectivity index (χ2n) is 4.41. The number of carbonyl (C=O) groups excluding carboxylic acids is 2. The molecular weight excluding hydrogens is 276 g/mol. The van der Waals surface area contributed by atoms with Gasteiger partial charge in [0.1, 0.15) is 17.1 Å². The topological polar surface area (TPSA) is 62.6 Å². The fourth-order valence-electron chi connectivity index (χ4n) is 1.80. The monoisotopic (exact) mass is 290 g/mol. The molecule has 104 valence electrons. The van der Waals surface area contributed by atoms with Crippen LogP contribution in [0.2, 0.25) is 0 Å². The summed E-state index contributed by atoms with van der Waals surface area (Å²) in [5.74, 6) is 0.237. The van der Waals surface area contributed by atoms with Gasteiger partial charge in [-0.05, 0) is 43.8 Å². The van der Waals surface area contributed by atoms with Gasteiger partial charge in [0, 0.05) is 6.54 Å². The molecule has 1 aromatic rings. The maximum Gasteiger partial charge on any atom is 0.266 e. The molecule has 0 radical (unpaired) electrons. The van der Waals surface area contributed by atoms with Crippen LogP contribution in [0.15, 0.2) is 28.7 Å². The Kier molecular flexibility index (Phi) is 3.85. The molecule has 0 bridgehead atoms. The second-order valence-corrected chi connectivity index (χ2v) is 4.80. The average Bonchev–Trinajstić information content (AvgIpc) is 2.69. The summed E-state index contributed by atoms with van der Waals surface area (Å²) in [6, 6.07) is 1.77. The van der Waals surface area contributed by atoms with Crippen LogP contribution < -0.4 is 5.32 Å². The lowest BCUT2D eigenvalue weighted by molar-refractivity contribution is -0.128. The molecule has 0 aliphatic carbocycles. The van der Waals surface area contributed by atoms with Crippen molar-refractivity contribution in [3.05, 3.63) is 41.4 Å². The minimum atomic E-state index is -0.521. The van der Waals surface area contributed by atoms with E-state index in [2.05, 4.69) is 11.9 Å². The summed E-state index contributed by atoms with van der Waals surface area (Å²) in [5, 5.41) is 2.56. The summed E-state index contributed by atoms with van der Waals surface area (Å²) in [4.78, 5) is 25.4. The fourth-order valence-corrected chi connectivity index (χ4v) is 2.05. The highest BCUT2D eigenvalue weighted by molar-refractivity contribution is 7.80. The van der Waals surface area contributed by atoms with Gasteiger partial charge in [-0.3, -0.25) is 19.8 Å². The quantitative estimate of drug-likeness (QED) is 0.398. The average molecular weight is 290 g/mol. The first-order valence-corrected chi connectivity index (χ1v) is 6.41. The number of hydrogen-bond donors (Lipinski definition) is 1. The van der Waals surface area contributed by atoms with Crippen LogP contribution in [0.4, 0.5) is 0 Å². The largest absolute Gasteiger partial charge is 0.462 e. The number of amides is 2. The van der Waals surface area contributed by atoms with Crippen LogP contribution >= 0.6 is 12.2 Å². The fraction of sp³-hybridized carbons (Fsp3) is 0.214. The molecule has 1 saturated heterocycles. The molecule has 1 aromatic heterocycles. The molecule has 5 nitrogen and oxygen atoms in total. The second kappa shape index (κ2) is 5.42. The van der Waals surface area contributed by atoms with Crippen LogP contribution in [0.5, 0.6) is 0 Å². The zero-order chi connectivity index (χ0) is 14.9. The first-order valence-electron chi connectivity index (χ1n) is 6.01. The Balaban J connectivity index is 2.38. The van der Waals surface area contributed by atoms with E-state index in [0.717, 1.165) is 11.3 Å². The molecule has 0 saturated carbocycles. The highest BCUT2D eigenvalue weighted by Gasteiger charge is 2.32. The number of nitrogens with zero attached hydrogens (tertiary/aromatic N) is 1. The van der Waals surface area contributed by atoms with Crippen LogP contribution in [0, 0.1) is 13.8 Å². The lowest BCUT2D eigenvalue weighted by Crippen LogP contribution is -2.53. The molecule has 1 fully saturated rings. The van der Waals surface area contributed by atoms with E-state index in [9.17, 15) is 9.59 Å². The standard InChI is InChI=1S/C14H14N2O3S/c1-4-5-16-13(18)11(12(17)15-14(16)20)7-10-6-8(2)9(3)19-10/h4,6-7H,1,5H2,2-3H3,(H,15,17,20)/b11-7-. The van der Waals surface area contributed by atoms with Gasteiger partial charge >= 0.3 is 0 Å². The first-order chi connectivity index (χ1) is 9.43. The van der Waals surface area contributed by atoms with Crippen molar-refractivity contribution < 1.29 is 14.0 Å². The number of thiocarbonyl (C=S) groups is 1. The number of hydrogen-bond acceptors (Lipinski definition) is 4. The minimum Gasteiger partial charge on any atom is -0.462 e. The van der Waals surface area contributed by atoms with Gasteiger partial charge in [0.05, 0.1) is 0 Å². The van der Waals surface area contributed by atoms with Gasteiger partial charge in [-0.1, -0.05) is 6.08 Å². The van der Waals surface area contributed by atoms with Crippen molar-refractivity contribution in [1.82, 2.24) is 10.2 Å². The predicted molar refractivity (Wildman–Crippen MR) is 78.8 cm³/mol. The van der Waals surface area contributed by atoms with Gasteiger partial charge in [-0.15, -0.1) is 6.58 Å². The molecule has 6 heteroatoms. The molecule has 20 heavy (non-hydrogen) atoms. The number of aryl methyl sites for hydroxylation is 2. The Morgan fingerprint density at radius 2 is 2.15 bits per heavy atom.